The topological polar surface area (TPSA) is 39.7 Å². The maximum atomic E-state index is 5.92. The molecular weight excluding hydrogens is 193 g/mol. The molecule has 0 aliphatic carbocycles. The van der Waals surface area contributed by atoms with Gasteiger partial charge in [-0.05, 0) is 27.7 Å². The van der Waals surface area contributed by atoms with Gasteiger partial charge < -0.3 is 19.4 Å². The van der Waals surface area contributed by atoms with E-state index in [4.69, 9.17) is 14.0 Å². The maximum Gasteiger partial charge on any atom is 0.490 e. The summed E-state index contributed by atoms with van der Waals surface area (Å²) in [4.78, 5) is 0. The Morgan fingerprint density at radius 1 is 1.13 bits per heavy atom. The molecule has 0 aromatic rings. The van der Waals surface area contributed by atoms with Gasteiger partial charge in [-0.3, -0.25) is 0 Å². The van der Waals surface area contributed by atoms with Crippen LogP contribution in [-0.4, -0.2) is 44.0 Å². The first-order valence-electron chi connectivity index (χ1n) is 5.60. The molecule has 5 heteroatoms. The van der Waals surface area contributed by atoms with Gasteiger partial charge in [-0.1, -0.05) is 0 Å². The van der Waals surface area contributed by atoms with Gasteiger partial charge >= 0.3 is 7.12 Å². The largest absolute Gasteiger partial charge is 0.490 e. The summed E-state index contributed by atoms with van der Waals surface area (Å²) in [6, 6.07) is 0.0137. The van der Waals surface area contributed by atoms with Crippen molar-refractivity contribution in [3.05, 3.63) is 0 Å². The highest BCUT2D eigenvalue weighted by molar-refractivity contribution is 6.47. The minimum atomic E-state index is -0.265. The third-order valence-electron chi connectivity index (χ3n) is 3.53. The molecule has 0 aromatic carbocycles. The summed E-state index contributed by atoms with van der Waals surface area (Å²) in [6.45, 7) is 10.7. The fraction of sp³-hybridized carbons (Fsp3) is 1.00. The van der Waals surface area contributed by atoms with Gasteiger partial charge in [-0.2, -0.15) is 0 Å². The average Bonchev–Trinajstić information content (AvgIpc) is 2.38. The molecule has 1 N–H and O–H groups in total. The molecule has 0 bridgehead atoms. The Bertz CT molecular complexity index is 223. The van der Waals surface area contributed by atoms with Gasteiger partial charge in [-0.25, -0.2) is 0 Å². The third-order valence-corrected chi connectivity index (χ3v) is 3.53. The minimum Gasteiger partial charge on any atom is -0.402 e. The SMILES string of the molecule is CC1(C)OB(C2CNCCO2)OC1(C)C. The normalized spacial score (nSPS) is 34.4. The van der Waals surface area contributed by atoms with Gasteiger partial charge in [0.2, 0.25) is 0 Å². The lowest BCUT2D eigenvalue weighted by Gasteiger charge is -2.32. The second kappa shape index (κ2) is 3.73. The zero-order valence-electron chi connectivity index (χ0n) is 10.0. The van der Waals surface area contributed by atoms with Crippen LogP contribution in [0, 0.1) is 0 Å². The first-order chi connectivity index (χ1) is 6.92. The molecule has 2 fully saturated rings. The van der Waals surface area contributed by atoms with Crippen LogP contribution in [0.3, 0.4) is 0 Å². The van der Waals surface area contributed by atoms with Crippen LogP contribution in [-0.2, 0) is 14.0 Å². The van der Waals surface area contributed by atoms with Crippen LogP contribution in [0.1, 0.15) is 27.7 Å². The van der Waals surface area contributed by atoms with E-state index < -0.39 is 0 Å². The standard InChI is InChI=1S/C10H20BNO3/c1-9(2)10(3,4)15-11(14-9)8-7-12-5-6-13-8/h8,12H,5-7H2,1-4H3. The first-order valence-corrected chi connectivity index (χ1v) is 5.60. The van der Waals surface area contributed by atoms with Crippen LogP contribution in [0.15, 0.2) is 0 Å². The highest BCUT2D eigenvalue weighted by Crippen LogP contribution is 2.37. The lowest BCUT2D eigenvalue weighted by molar-refractivity contribution is 0.00578. The number of morpholine rings is 1. The molecule has 2 aliphatic rings. The lowest BCUT2D eigenvalue weighted by Crippen LogP contribution is -2.49. The number of ether oxygens (including phenoxy) is 1. The van der Waals surface area contributed by atoms with E-state index in [1.807, 2.05) is 0 Å². The van der Waals surface area contributed by atoms with E-state index >= 15 is 0 Å². The molecule has 0 spiro atoms. The Labute approximate surface area is 91.8 Å². The molecule has 2 rings (SSSR count). The Balaban J connectivity index is 2.02. The van der Waals surface area contributed by atoms with Crippen molar-refractivity contribution >= 4 is 7.12 Å². The number of rotatable bonds is 1. The molecule has 0 amide bonds. The quantitative estimate of drug-likeness (QED) is 0.647. The zero-order valence-corrected chi connectivity index (χ0v) is 10.0. The summed E-state index contributed by atoms with van der Waals surface area (Å²) in [7, 11) is -0.247. The summed E-state index contributed by atoms with van der Waals surface area (Å²) in [5.74, 6) is 0. The Morgan fingerprint density at radius 2 is 1.73 bits per heavy atom. The highest BCUT2D eigenvalue weighted by Gasteiger charge is 2.54. The monoisotopic (exact) mass is 213 g/mol. The van der Waals surface area contributed by atoms with Gasteiger partial charge in [-0.15, -0.1) is 0 Å². The van der Waals surface area contributed by atoms with Crippen LogP contribution in [0.2, 0.25) is 0 Å². The summed E-state index contributed by atoms with van der Waals surface area (Å²) in [5.41, 5.74) is -0.531. The summed E-state index contributed by atoms with van der Waals surface area (Å²) in [6.07, 6.45) is 0. The lowest BCUT2D eigenvalue weighted by atomic mass is 9.80. The molecule has 2 heterocycles. The predicted octanol–water partition coefficient (Wildman–Crippen LogP) is 0.606. The number of hydrogen-bond acceptors (Lipinski definition) is 4. The summed E-state index contributed by atoms with van der Waals surface area (Å²) >= 11 is 0. The molecule has 86 valence electrons. The van der Waals surface area contributed by atoms with E-state index in [2.05, 4.69) is 33.0 Å². The predicted molar refractivity (Wildman–Crippen MR) is 58.7 cm³/mol. The summed E-state index contributed by atoms with van der Waals surface area (Å²) < 4.78 is 17.5. The molecular formula is C10H20BNO3. The second-order valence-corrected chi connectivity index (χ2v) is 5.24. The average molecular weight is 213 g/mol. The van der Waals surface area contributed by atoms with Crippen molar-refractivity contribution in [3.8, 4) is 0 Å². The van der Waals surface area contributed by atoms with Crippen molar-refractivity contribution in [2.45, 2.75) is 44.9 Å². The molecule has 0 aromatic heterocycles. The Kier molecular flexibility index (Phi) is 2.84. The van der Waals surface area contributed by atoms with E-state index in [1.165, 1.54) is 0 Å². The van der Waals surface area contributed by atoms with Crippen LogP contribution >= 0.6 is 0 Å². The smallest absolute Gasteiger partial charge is 0.402 e. The molecule has 0 radical (unpaired) electrons. The maximum absolute atomic E-state index is 5.92. The van der Waals surface area contributed by atoms with Crippen molar-refractivity contribution in [2.75, 3.05) is 19.7 Å². The molecule has 2 aliphatic heterocycles. The summed E-state index contributed by atoms with van der Waals surface area (Å²) in [5, 5.41) is 3.28. The fourth-order valence-electron chi connectivity index (χ4n) is 1.80. The highest BCUT2D eigenvalue weighted by atomic mass is 16.7. The van der Waals surface area contributed by atoms with Gasteiger partial charge in [0.05, 0.1) is 17.8 Å². The van der Waals surface area contributed by atoms with Crippen molar-refractivity contribution in [2.24, 2.45) is 0 Å². The minimum absolute atomic E-state index is 0.0137. The molecule has 15 heavy (non-hydrogen) atoms. The van der Waals surface area contributed by atoms with E-state index in [0.717, 1.165) is 19.7 Å². The zero-order chi connectivity index (χ0) is 11.1. The van der Waals surface area contributed by atoms with E-state index in [1.54, 1.807) is 0 Å². The Hall–Kier alpha value is -0.0951. The van der Waals surface area contributed by atoms with E-state index in [9.17, 15) is 0 Å². The van der Waals surface area contributed by atoms with Gasteiger partial charge in [0.1, 0.15) is 6.00 Å². The van der Waals surface area contributed by atoms with Gasteiger partial charge in [0.25, 0.3) is 0 Å². The molecule has 2 saturated heterocycles. The van der Waals surface area contributed by atoms with Gasteiger partial charge in [0.15, 0.2) is 0 Å². The van der Waals surface area contributed by atoms with Crippen LogP contribution in [0.4, 0.5) is 0 Å². The van der Waals surface area contributed by atoms with Crippen molar-refractivity contribution in [1.82, 2.24) is 5.32 Å². The molecule has 1 atom stereocenters. The van der Waals surface area contributed by atoms with Gasteiger partial charge in [0, 0.05) is 13.1 Å². The molecule has 1 unspecified atom stereocenters. The first kappa shape index (κ1) is 11.4. The fourth-order valence-corrected chi connectivity index (χ4v) is 1.80. The number of nitrogens with one attached hydrogen (secondary N) is 1. The van der Waals surface area contributed by atoms with Crippen molar-refractivity contribution in [1.29, 1.82) is 0 Å². The third kappa shape index (κ3) is 2.06. The van der Waals surface area contributed by atoms with Crippen LogP contribution in [0.5, 0.6) is 0 Å². The van der Waals surface area contributed by atoms with Crippen LogP contribution < -0.4 is 5.32 Å². The second-order valence-electron chi connectivity index (χ2n) is 5.24. The van der Waals surface area contributed by atoms with Crippen molar-refractivity contribution < 1.29 is 14.0 Å². The molecule has 0 saturated carbocycles. The van der Waals surface area contributed by atoms with E-state index in [-0.39, 0.29) is 24.3 Å². The Morgan fingerprint density at radius 3 is 2.20 bits per heavy atom. The molecule has 4 nitrogen and oxygen atoms in total. The number of hydrogen-bond donors (Lipinski definition) is 1. The van der Waals surface area contributed by atoms with Crippen LogP contribution in [0.25, 0.3) is 0 Å². The van der Waals surface area contributed by atoms with E-state index in [0.29, 0.717) is 0 Å². The van der Waals surface area contributed by atoms with Crippen molar-refractivity contribution in [3.63, 3.8) is 0 Å².